The first-order valence-electron chi connectivity index (χ1n) is 9.63. The van der Waals surface area contributed by atoms with E-state index in [0.717, 1.165) is 17.7 Å². The third-order valence-corrected chi connectivity index (χ3v) is 4.64. The number of carbonyl (C=O) groups excluding carboxylic acids is 1. The van der Waals surface area contributed by atoms with E-state index in [1.165, 1.54) is 6.07 Å². The monoisotopic (exact) mass is 425 g/mol. The van der Waals surface area contributed by atoms with Gasteiger partial charge < -0.3 is 15.2 Å². The summed E-state index contributed by atoms with van der Waals surface area (Å²) < 4.78 is 33.1. The number of hydrogen-bond acceptors (Lipinski definition) is 3. The van der Waals surface area contributed by atoms with E-state index in [2.05, 4.69) is 5.32 Å². The molecule has 0 bridgehead atoms. The van der Waals surface area contributed by atoms with Gasteiger partial charge in [-0.3, -0.25) is 4.79 Å². The third-order valence-electron chi connectivity index (χ3n) is 4.64. The van der Waals surface area contributed by atoms with Gasteiger partial charge in [0.25, 0.3) is 0 Å². The molecule has 0 saturated carbocycles. The Morgan fingerprint density at radius 2 is 1.52 bits per heavy atom. The number of carboxylic acids is 1. The largest absolute Gasteiger partial charge is 0.489 e. The highest BCUT2D eigenvalue weighted by Crippen LogP contribution is 2.16. The number of nitrogens with one attached hydrogen (secondary N) is 1. The Labute approximate surface area is 178 Å². The first-order chi connectivity index (χ1) is 14.9. The van der Waals surface area contributed by atoms with Crippen LogP contribution in [0.3, 0.4) is 0 Å². The van der Waals surface area contributed by atoms with Crippen molar-refractivity contribution in [2.75, 3.05) is 0 Å². The second kappa shape index (κ2) is 10.3. The van der Waals surface area contributed by atoms with Gasteiger partial charge in [-0.1, -0.05) is 48.5 Å². The van der Waals surface area contributed by atoms with Gasteiger partial charge in [0.05, 0.1) is 6.42 Å². The molecule has 2 N–H and O–H groups in total. The molecule has 0 unspecified atom stereocenters. The smallest absolute Gasteiger partial charge is 0.326 e. The third kappa shape index (κ3) is 6.37. The van der Waals surface area contributed by atoms with Gasteiger partial charge in [0, 0.05) is 12.0 Å². The van der Waals surface area contributed by atoms with Crippen molar-refractivity contribution in [3.05, 3.63) is 101 Å². The number of hydrogen-bond donors (Lipinski definition) is 2. The van der Waals surface area contributed by atoms with Crippen LogP contribution in [-0.2, 0) is 29.0 Å². The van der Waals surface area contributed by atoms with E-state index < -0.39 is 41.5 Å². The molecule has 0 heterocycles. The number of amides is 1. The van der Waals surface area contributed by atoms with Crippen LogP contribution in [0.15, 0.2) is 72.8 Å². The summed E-state index contributed by atoms with van der Waals surface area (Å²) in [6.45, 7) is 0.403. The summed E-state index contributed by atoms with van der Waals surface area (Å²) in [5.41, 5.74) is 1.28. The van der Waals surface area contributed by atoms with E-state index in [1.54, 1.807) is 24.3 Å². The number of halogens is 2. The Morgan fingerprint density at radius 1 is 0.871 bits per heavy atom. The molecular formula is C24H21F2NO4. The second-order valence-corrected chi connectivity index (χ2v) is 6.96. The highest BCUT2D eigenvalue weighted by molar-refractivity contribution is 5.85. The average molecular weight is 425 g/mol. The van der Waals surface area contributed by atoms with Crippen LogP contribution in [0.4, 0.5) is 8.78 Å². The molecule has 1 atom stereocenters. The molecule has 160 valence electrons. The van der Waals surface area contributed by atoms with E-state index in [1.807, 2.05) is 30.3 Å². The maximum Gasteiger partial charge on any atom is 0.326 e. The van der Waals surface area contributed by atoms with Crippen LogP contribution in [0.1, 0.15) is 16.7 Å². The molecule has 0 fully saturated rings. The van der Waals surface area contributed by atoms with E-state index >= 15 is 0 Å². The van der Waals surface area contributed by atoms with Crippen molar-refractivity contribution in [1.82, 2.24) is 5.32 Å². The van der Waals surface area contributed by atoms with Gasteiger partial charge in [-0.2, -0.15) is 0 Å². The number of carbonyl (C=O) groups is 2. The zero-order chi connectivity index (χ0) is 22.2. The first-order valence-corrected chi connectivity index (χ1v) is 9.63. The lowest BCUT2D eigenvalue weighted by Crippen LogP contribution is -2.43. The van der Waals surface area contributed by atoms with Crippen LogP contribution in [-0.4, -0.2) is 23.0 Å². The molecule has 0 aliphatic rings. The molecule has 0 aliphatic heterocycles. The normalized spacial score (nSPS) is 11.5. The van der Waals surface area contributed by atoms with Crippen molar-refractivity contribution in [2.45, 2.75) is 25.5 Å². The van der Waals surface area contributed by atoms with Crippen molar-refractivity contribution in [3.63, 3.8) is 0 Å². The summed E-state index contributed by atoms with van der Waals surface area (Å²) in [5, 5.41) is 11.8. The number of carboxylic acid groups (broad SMARTS) is 1. The van der Waals surface area contributed by atoms with Crippen molar-refractivity contribution in [1.29, 1.82) is 0 Å². The Bertz CT molecular complexity index is 1020. The van der Waals surface area contributed by atoms with Crippen molar-refractivity contribution in [2.24, 2.45) is 0 Å². The molecule has 3 rings (SSSR count). The van der Waals surface area contributed by atoms with Gasteiger partial charge in [0.2, 0.25) is 5.91 Å². The summed E-state index contributed by atoms with van der Waals surface area (Å²) in [6.07, 6.45) is -0.575. The van der Waals surface area contributed by atoms with Crippen LogP contribution in [0.5, 0.6) is 5.75 Å². The predicted molar refractivity (Wildman–Crippen MR) is 111 cm³/mol. The molecule has 31 heavy (non-hydrogen) atoms. The molecule has 7 heteroatoms. The minimum atomic E-state index is -1.24. The molecule has 0 radical (unpaired) electrons. The lowest BCUT2D eigenvalue weighted by molar-refractivity contribution is -0.141. The summed E-state index contributed by atoms with van der Waals surface area (Å²) in [7, 11) is 0. The highest BCUT2D eigenvalue weighted by Gasteiger charge is 2.22. The van der Waals surface area contributed by atoms with Gasteiger partial charge in [0.1, 0.15) is 30.0 Å². The fourth-order valence-electron chi connectivity index (χ4n) is 3.01. The topological polar surface area (TPSA) is 75.6 Å². The minimum Gasteiger partial charge on any atom is -0.489 e. The number of ether oxygens (including phenoxy) is 1. The van der Waals surface area contributed by atoms with E-state index in [9.17, 15) is 23.5 Å². The number of rotatable bonds is 9. The number of benzene rings is 3. The van der Waals surface area contributed by atoms with Gasteiger partial charge >= 0.3 is 5.97 Å². The summed E-state index contributed by atoms with van der Waals surface area (Å²) in [4.78, 5) is 23.7. The standard InChI is InChI=1S/C24H21F2NO4/c25-20-7-4-8-21(26)19(20)14-23(28)27-22(24(29)30)13-16-9-11-18(12-10-16)31-15-17-5-2-1-3-6-17/h1-12,22H,13-15H2,(H,27,28)(H,29,30)/t22-/m0/s1. The summed E-state index contributed by atoms with van der Waals surface area (Å²) in [5.74, 6) is -3.11. The lowest BCUT2D eigenvalue weighted by atomic mass is 10.0. The maximum atomic E-state index is 13.7. The Kier molecular flexibility index (Phi) is 7.32. The van der Waals surface area contributed by atoms with Gasteiger partial charge in [0.15, 0.2) is 0 Å². The highest BCUT2D eigenvalue weighted by atomic mass is 19.1. The molecule has 0 aromatic heterocycles. The molecule has 0 spiro atoms. The SMILES string of the molecule is O=C(Cc1c(F)cccc1F)N[C@@H](Cc1ccc(OCc2ccccc2)cc1)C(=O)O. The summed E-state index contributed by atoms with van der Waals surface area (Å²) >= 11 is 0. The average Bonchev–Trinajstić information content (AvgIpc) is 2.76. The quantitative estimate of drug-likeness (QED) is 0.545. The lowest BCUT2D eigenvalue weighted by Gasteiger charge is -2.15. The van der Waals surface area contributed by atoms with Crippen molar-refractivity contribution >= 4 is 11.9 Å². The van der Waals surface area contributed by atoms with Crippen LogP contribution >= 0.6 is 0 Å². The molecule has 3 aromatic carbocycles. The molecule has 1 amide bonds. The molecule has 3 aromatic rings. The zero-order valence-electron chi connectivity index (χ0n) is 16.6. The Hall–Kier alpha value is -3.74. The van der Waals surface area contributed by atoms with Crippen LogP contribution in [0, 0.1) is 11.6 Å². The van der Waals surface area contributed by atoms with Gasteiger partial charge in [-0.05, 0) is 35.4 Å². The fraction of sp³-hybridized carbons (Fsp3) is 0.167. The van der Waals surface area contributed by atoms with E-state index in [4.69, 9.17) is 4.74 Å². The Balaban J connectivity index is 1.58. The predicted octanol–water partition coefficient (Wildman–Crippen LogP) is 3.90. The molecule has 5 nitrogen and oxygen atoms in total. The second-order valence-electron chi connectivity index (χ2n) is 6.96. The molecular weight excluding hydrogens is 404 g/mol. The molecule has 0 aliphatic carbocycles. The fourth-order valence-corrected chi connectivity index (χ4v) is 3.01. The first kappa shape index (κ1) is 22.0. The van der Waals surface area contributed by atoms with Crippen LogP contribution < -0.4 is 10.1 Å². The summed E-state index contributed by atoms with van der Waals surface area (Å²) in [6, 6.07) is 18.5. The van der Waals surface area contributed by atoms with Crippen LogP contribution in [0.2, 0.25) is 0 Å². The van der Waals surface area contributed by atoms with E-state index in [-0.39, 0.29) is 6.42 Å². The maximum absolute atomic E-state index is 13.7. The number of aliphatic carboxylic acids is 1. The van der Waals surface area contributed by atoms with Crippen molar-refractivity contribution < 1.29 is 28.2 Å². The van der Waals surface area contributed by atoms with Crippen molar-refractivity contribution in [3.8, 4) is 5.75 Å². The van der Waals surface area contributed by atoms with E-state index in [0.29, 0.717) is 17.9 Å². The Morgan fingerprint density at radius 3 is 2.13 bits per heavy atom. The molecule has 0 saturated heterocycles. The van der Waals surface area contributed by atoms with Gasteiger partial charge in [-0.25, -0.2) is 13.6 Å². The van der Waals surface area contributed by atoms with Gasteiger partial charge in [-0.15, -0.1) is 0 Å². The van der Waals surface area contributed by atoms with Crippen LogP contribution in [0.25, 0.3) is 0 Å². The minimum absolute atomic E-state index is 0.0137. The zero-order valence-corrected chi connectivity index (χ0v) is 16.6.